The molecule has 0 radical (unpaired) electrons. The van der Waals surface area contributed by atoms with E-state index in [9.17, 15) is 4.79 Å². The van der Waals surface area contributed by atoms with E-state index < -0.39 is 0 Å². The fourth-order valence-corrected chi connectivity index (χ4v) is 2.93. The lowest BCUT2D eigenvalue weighted by Crippen LogP contribution is -2.40. The van der Waals surface area contributed by atoms with E-state index in [1.165, 1.54) is 19.3 Å². The van der Waals surface area contributed by atoms with Crippen molar-refractivity contribution in [3.8, 4) is 0 Å². The molecule has 1 fully saturated rings. The van der Waals surface area contributed by atoms with Crippen LogP contribution in [-0.2, 0) is 6.42 Å². The summed E-state index contributed by atoms with van der Waals surface area (Å²) in [4.78, 5) is 17.9. The third kappa shape index (κ3) is 6.84. The first-order valence-electron chi connectivity index (χ1n) is 8.83. The van der Waals surface area contributed by atoms with E-state index in [1.807, 2.05) is 25.2 Å². The summed E-state index contributed by atoms with van der Waals surface area (Å²) in [6.45, 7) is 3.03. The lowest BCUT2D eigenvalue weighted by atomic mass is 10.1. The number of hydrogen-bond donors (Lipinski definition) is 2. The summed E-state index contributed by atoms with van der Waals surface area (Å²) in [7, 11) is 5.36. The van der Waals surface area contributed by atoms with Gasteiger partial charge in [-0.25, -0.2) is 0 Å². The van der Waals surface area contributed by atoms with Crippen LogP contribution in [0.5, 0.6) is 0 Å². The van der Waals surface area contributed by atoms with Crippen molar-refractivity contribution in [3.63, 3.8) is 0 Å². The zero-order valence-corrected chi connectivity index (χ0v) is 18.0. The molecular formula is C19H31IN4O. The number of nitrogens with zero attached hydrogens (tertiary/aromatic N) is 2. The molecule has 25 heavy (non-hydrogen) atoms. The van der Waals surface area contributed by atoms with Crippen LogP contribution < -0.4 is 10.6 Å². The van der Waals surface area contributed by atoms with Crippen LogP contribution >= 0.6 is 24.0 Å². The summed E-state index contributed by atoms with van der Waals surface area (Å²) < 4.78 is 0. The van der Waals surface area contributed by atoms with Crippen molar-refractivity contribution in [1.82, 2.24) is 15.5 Å². The zero-order chi connectivity index (χ0) is 17.5. The quantitative estimate of drug-likeness (QED) is 0.376. The lowest BCUT2D eigenvalue weighted by molar-refractivity contribution is 0.0827. The SMILES string of the molecule is CCCC1CC1NC(=NC)NCCc1cccc(C(=O)N(C)C)c1.I. The average Bonchev–Trinajstić information content (AvgIpc) is 3.31. The predicted molar refractivity (Wildman–Crippen MR) is 115 cm³/mol. The Hall–Kier alpha value is -1.31. The smallest absolute Gasteiger partial charge is 0.253 e. The molecule has 1 aliphatic carbocycles. The van der Waals surface area contributed by atoms with Gasteiger partial charge in [0.15, 0.2) is 5.96 Å². The lowest BCUT2D eigenvalue weighted by Gasteiger charge is -2.13. The molecule has 0 saturated heterocycles. The van der Waals surface area contributed by atoms with Gasteiger partial charge in [-0.1, -0.05) is 25.5 Å². The molecule has 1 aromatic rings. The van der Waals surface area contributed by atoms with Crippen molar-refractivity contribution < 1.29 is 4.79 Å². The Labute approximate surface area is 168 Å². The molecule has 1 saturated carbocycles. The summed E-state index contributed by atoms with van der Waals surface area (Å²) in [6.07, 6.45) is 4.65. The maximum atomic E-state index is 12.0. The number of halogens is 1. The largest absolute Gasteiger partial charge is 0.356 e. The second-order valence-electron chi connectivity index (χ2n) is 6.68. The Morgan fingerprint density at radius 1 is 1.36 bits per heavy atom. The molecule has 0 heterocycles. The fourth-order valence-electron chi connectivity index (χ4n) is 2.93. The Bertz CT molecular complexity index is 589. The Morgan fingerprint density at radius 3 is 2.76 bits per heavy atom. The Morgan fingerprint density at radius 2 is 2.12 bits per heavy atom. The van der Waals surface area contributed by atoms with Gasteiger partial charge in [-0.3, -0.25) is 9.79 Å². The van der Waals surface area contributed by atoms with Gasteiger partial charge in [0.1, 0.15) is 0 Å². The number of rotatable bonds is 7. The minimum absolute atomic E-state index is 0. The molecule has 2 rings (SSSR count). The Balaban J connectivity index is 0.00000312. The van der Waals surface area contributed by atoms with Crippen LogP contribution in [0.25, 0.3) is 0 Å². The monoisotopic (exact) mass is 458 g/mol. The number of carbonyl (C=O) groups excluding carboxylic acids is 1. The molecule has 0 spiro atoms. The number of benzene rings is 1. The summed E-state index contributed by atoms with van der Waals surface area (Å²) in [5.41, 5.74) is 1.89. The van der Waals surface area contributed by atoms with Crippen LogP contribution in [0.1, 0.15) is 42.1 Å². The van der Waals surface area contributed by atoms with Crippen LogP contribution in [0.15, 0.2) is 29.3 Å². The van der Waals surface area contributed by atoms with Crippen LogP contribution in [0.2, 0.25) is 0 Å². The van der Waals surface area contributed by atoms with Gasteiger partial charge in [0, 0.05) is 39.3 Å². The molecule has 1 amide bonds. The molecule has 2 N–H and O–H groups in total. The highest BCUT2D eigenvalue weighted by molar-refractivity contribution is 14.0. The van der Waals surface area contributed by atoms with Gasteiger partial charge < -0.3 is 15.5 Å². The minimum Gasteiger partial charge on any atom is -0.356 e. The topological polar surface area (TPSA) is 56.7 Å². The van der Waals surface area contributed by atoms with Crippen molar-refractivity contribution in [1.29, 1.82) is 0 Å². The van der Waals surface area contributed by atoms with Gasteiger partial charge in [0.05, 0.1) is 0 Å². The molecule has 1 aliphatic rings. The van der Waals surface area contributed by atoms with E-state index in [-0.39, 0.29) is 29.9 Å². The molecule has 6 heteroatoms. The van der Waals surface area contributed by atoms with Crippen molar-refractivity contribution in [2.45, 2.75) is 38.6 Å². The molecular weight excluding hydrogens is 427 g/mol. The summed E-state index contributed by atoms with van der Waals surface area (Å²) >= 11 is 0. The van der Waals surface area contributed by atoms with Gasteiger partial charge in [0.2, 0.25) is 0 Å². The summed E-state index contributed by atoms with van der Waals surface area (Å²) in [6, 6.07) is 8.41. The molecule has 1 aromatic carbocycles. The van der Waals surface area contributed by atoms with Crippen molar-refractivity contribution in [2.24, 2.45) is 10.9 Å². The summed E-state index contributed by atoms with van der Waals surface area (Å²) in [5.74, 6) is 1.72. The molecule has 2 atom stereocenters. The van der Waals surface area contributed by atoms with E-state index >= 15 is 0 Å². The standard InChI is InChI=1S/C19H30N4O.HI/c1-5-7-15-13-17(15)22-19(20-2)21-11-10-14-8-6-9-16(12-14)18(24)23(3)4;/h6,8-9,12,15,17H,5,7,10-11,13H2,1-4H3,(H2,20,21,22);1H. The van der Waals surface area contributed by atoms with E-state index in [0.717, 1.165) is 36.0 Å². The molecule has 140 valence electrons. The first kappa shape index (κ1) is 21.7. The number of amides is 1. The number of aliphatic imine (C=N–C) groups is 1. The van der Waals surface area contributed by atoms with Crippen molar-refractivity contribution >= 4 is 35.8 Å². The molecule has 0 aromatic heterocycles. The maximum Gasteiger partial charge on any atom is 0.253 e. The van der Waals surface area contributed by atoms with Gasteiger partial charge >= 0.3 is 0 Å². The van der Waals surface area contributed by atoms with Crippen molar-refractivity contribution in [2.75, 3.05) is 27.7 Å². The second-order valence-corrected chi connectivity index (χ2v) is 6.68. The van der Waals surface area contributed by atoms with E-state index in [2.05, 4.69) is 28.6 Å². The third-order valence-electron chi connectivity index (χ3n) is 4.41. The van der Waals surface area contributed by atoms with E-state index in [4.69, 9.17) is 0 Å². The molecule has 0 aliphatic heterocycles. The van der Waals surface area contributed by atoms with Crippen LogP contribution in [-0.4, -0.2) is 50.5 Å². The number of hydrogen-bond acceptors (Lipinski definition) is 2. The normalized spacial score (nSPS) is 19.0. The second kappa shape index (κ2) is 10.6. The van der Waals surface area contributed by atoms with Gasteiger partial charge in [-0.05, 0) is 42.9 Å². The molecule has 2 unspecified atom stereocenters. The molecule has 5 nitrogen and oxygen atoms in total. The third-order valence-corrected chi connectivity index (χ3v) is 4.41. The minimum atomic E-state index is 0. The first-order valence-corrected chi connectivity index (χ1v) is 8.83. The van der Waals surface area contributed by atoms with E-state index in [1.54, 1.807) is 19.0 Å². The highest BCUT2D eigenvalue weighted by Crippen LogP contribution is 2.34. The number of nitrogens with one attached hydrogen (secondary N) is 2. The number of guanidine groups is 1. The van der Waals surface area contributed by atoms with Gasteiger partial charge in [0.25, 0.3) is 5.91 Å². The van der Waals surface area contributed by atoms with Gasteiger partial charge in [-0.15, -0.1) is 24.0 Å². The van der Waals surface area contributed by atoms with Crippen LogP contribution in [0, 0.1) is 5.92 Å². The van der Waals surface area contributed by atoms with Crippen molar-refractivity contribution in [3.05, 3.63) is 35.4 Å². The first-order chi connectivity index (χ1) is 11.5. The number of carbonyl (C=O) groups is 1. The average molecular weight is 458 g/mol. The predicted octanol–water partition coefficient (Wildman–Crippen LogP) is 2.90. The van der Waals surface area contributed by atoms with E-state index in [0.29, 0.717) is 6.04 Å². The highest BCUT2D eigenvalue weighted by atomic mass is 127. The van der Waals surface area contributed by atoms with Crippen LogP contribution in [0.4, 0.5) is 0 Å². The summed E-state index contributed by atoms with van der Waals surface area (Å²) in [5, 5.41) is 6.85. The zero-order valence-electron chi connectivity index (χ0n) is 15.7. The molecule has 0 bridgehead atoms. The highest BCUT2D eigenvalue weighted by Gasteiger charge is 2.36. The maximum absolute atomic E-state index is 12.0. The fraction of sp³-hybridized carbons (Fsp3) is 0.579. The Kier molecular flexibility index (Phi) is 9.24. The van der Waals surface area contributed by atoms with Crippen LogP contribution in [0.3, 0.4) is 0 Å². The van der Waals surface area contributed by atoms with Gasteiger partial charge in [-0.2, -0.15) is 0 Å².